The van der Waals surface area contributed by atoms with Crippen LogP contribution in [0.25, 0.3) is 0 Å². The lowest BCUT2D eigenvalue weighted by Gasteiger charge is -2.35. The third kappa shape index (κ3) is 3.27. The minimum absolute atomic E-state index is 0.134. The molecule has 2 aliphatic heterocycles. The Balaban J connectivity index is 1.73. The van der Waals surface area contributed by atoms with Gasteiger partial charge in [-0.3, -0.25) is 4.79 Å². The molecular weight excluding hydrogens is 326 g/mol. The number of piperidine rings is 1. The fourth-order valence-corrected chi connectivity index (χ4v) is 3.78. The maximum atomic E-state index is 13.0. The Hall–Kier alpha value is -1.63. The molecule has 2 bridgehead atoms. The van der Waals surface area contributed by atoms with E-state index in [0.717, 1.165) is 37.8 Å². The fourth-order valence-electron chi connectivity index (χ4n) is 3.78. The maximum absolute atomic E-state index is 13.0. The Bertz CT molecular complexity index is 608. The van der Waals surface area contributed by atoms with Crippen LogP contribution >= 0.6 is 0 Å². The summed E-state index contributed by atoms with van der Waals surface area (Å²) >= 11 is 0. The summed E-state index contributed by atoms with van der Waals surface area (Å²) in [5.41, 5.74) is 0.228. The quantitative estimate of drug-likeness (QED) is 0.597. The lowest BCUT2D eigenvalue weighted by molar-refractivity contribution is -0.253. The summed E-state index contributed by atoms with van der Waals surface area (Å²) in [6.45, 7) is 0. The van der Waals surface area contributed by atoms with E-state index in [2.05, 4.69) is 16.7 Å². The molecule has 3 nitrogen and oxygen atoms in total. The van der Waals surface area contributed by atoms with E-state index >= 15 is 0 Å². The molecule has 1 aromatic carbocycles. The van der Waals surface area contributed by atoms with Crippen molar-refractivity contribution >= 4 is 5.78 Å². The average Bonchev–Trinajstić information content (AvgIpc) is 2.75. The maximum Gasteiger partial charge on any atom is 0.461 e. The van der Waals surface area contributed by atoms with Crippen LogP contribution in [0.1, 0.15) is 36.0 Å². The summed E-state index contributed by atoms with van der Waals surface area (Å²) in [5, 5.41) is 0. The smallest absolute Gasteiger partial charge is 0.428 e. The van der Waals surface area contributed by atoms with Crippen molar-refractivity contribution in [2.24, 2.45) is 5.92 Å². The zero-order valence-electron chi connectivity index (χ0n) is 13.2. The first-order chi connectivity index (χ1) is 11.3. The summed E-state index contributed by atoms with van der Waals surface area (Å²) in [5.74, 6) is -0.725. The van der Waals surface area contributed by atoms with Crippen molar-refractivity contribution in [3.63, 3.8) is 0 Å². The molecule has 0 aromatic heterocycles. The lowest BCUT2D eigenvalue weighted by Crippen LogP contribution is -2.42. The Morgan fingerprint density at radius 3 is 2.46 bits per heavy atom. The van der Waals surface area contributed by atoms with Crippen molar-refractivity contribution < 1.29 is 27.1 Å². The lowest BCUT2D eigenvalue weighted by atomic mass is 9.85. The van der Waals surface area contributed by atoms with E-state index in [1.54, 1.807) is 0 Å². The number of benzene rings is 1. The molecule has 2 unspecified atom stereocenters. The third-order valence-electron chi connectivity index (χ3n) is 5.10. The molecule has 0 N–H and O–H groups in total. The van der Waals surface area contributed by atoms with Gasteiger partial charge in [0.2, 0.25) is 0 Å². The van der Waals surface area contributed by atoms with Crippen LogP contribution in [0.4, 0.5) is 17.6 Å². The molecule has 2 heterocycles. The Labute approximate surface area is 137 Å². The number of carbonyl (C=O) groups is 1. The highest BCUT2D eigenvalue weighted by molar-refractivity contribution is 5.98. The van der Waals surface area contributed by atoms with Gasteiger partial charge in [-0.1, -0.05) is 12.1 Å². The van der Waals surface area contributed by atoms with Crippen LogP contribution < -0.4 is 4.74 Å². The first kappa shape index (κ1) is 17.2. The number of fused-ring (bicyclic) bond motifs is 2. The molecule has 0 aliphatic carbocycles. The Morgan fingerprint density at radius 1 is 1.25 bits per heavy atom. The van der Waals surface area contributed by atoms with Crippen molar-refractivity contribution in [2.45, 2.75) is 50.3 Å². The molecule has 2 aliphatic rings. The van der Waals surface area contributed by atoms with Crippen molar-refractivity contribution in [1.82, 2.24) is 4.90 Å². The zero-order valence-corrected chi connectivity index (χ0v) is 13.2. The van der Waals surface area contributed by atoms with E-state index in [4.69, 9.17) is 0 Å². The van der Waals surface area contributed by atoms with E-state index in [0.29, 0.717) is 12.1 Å². The van der Waals surface area contributed by atoms with Crippen molar-refractivity contribution in [3.8, 4) is 5.75 Å². The van der Waals surface area contributed by atoms with E-state index in [1.165, 1.54) is 12.1 Å². The predicted octanol–water partition coefficient (Wildman–Crippen LogP) is 3.98. The number of rotatable bonds is 5. The number of carbonyl (C=O) groups excluding carboxylic acids is 1. The molecular formula is C17H19F4NO2. The van der Waals surface area contributed by atoms with Crippen LogP contribution in [0, 0.1) is 5.92 Å². The van der Waals surface area contributed by atoms with Gasteiger partial charge in [0.05, 0.1) is 0 Å². The van der Waals surface area contributed by atoms with Gasteiger partial charge < -0.3 is 9.64 Å². The van der Waals surface area contributed by atoms with Gasteiger partial charge in [-0.05, 0) is 44.9 Å². The Kier molecular flexibility index (Phi) is 4.55. The van der Waals surface area contributed by atoms with E-state index < -0.39 is 18.3 Å². The molecule has 2 atom stereocenters. The van der Waals surface area contributed by atoms with Gasteiger partial charge in [0.25, 0.3) is 0 Å². The highest BCUT2D eigenvalue weighted by Gasteiger charge is 2.44. The molecule has 3 rings (SSSR count). The van der Waals surface area contributed by atoms with E-state index in [1.807, 2.05) is 0 Å². The van der Waals surface area contributed by atoms with Crippen LogP contribution in [0.15, 0.2) is 24.3 Å². The second-order valence-electron chi connectivity index (χ2n) is 6.58. The molecule has 132 valence electrons. The van der Waals surface area contributed by atoms with Gasteiger partial charge in [-0.25, -0.2) is 0 Å². The highest BCUT2D eigenvalue weighted by atomic mass is 19.3. The molecule has 0 saturated carbocycles. The van der Waals surface area contributed by atoms with Crippen LogP contribution in [0.2, 0.25) is 0 Å². The number of hydrogen-bond acceptors (Lipinski definition) is 3. The number of alkyl halides is 4. The molecule has 0 spiro atoms. The van der Waals surface area contributed by atoms with E-state index in [9.17, 15) is 22.4 Å². The standard InChI is InChI=1S/C17H19F4NO2/c1-22-12-5-6-13(22)8-11(7-12)15(23)10-3-2-4-14(9-10)24-17(20,21)16(18)19/h2-4,9,11-13,16H,5-8H2,1H3. The van der Waals surface area contributed by atoms with Gasteiger partial charge in [-0.2, -0.15) is 17.6 Å². The number of halogens is 4. The summed E-state index contributed by atoms with van der Waals surface area (Å²) in [7, 11) is 2.06. The van der Waals surface area contributed by atoms with Gasteiger partial charge in [0, 0.05) is 23.6 Å². The van der Waals surface area contributed by atoms with Crippen molar-refractivity contribution in [1.29, 1.82) is 0 Å². The van der Waals surface area contributed by atoms with Crippen LogP contribution in [-0.2, 0) is 0 Å². The van der Waals surface area contributed by atoms with E-state index in [-0.39, 0.29) is 17.3 Å². The minimum atomic E-state index is -4.58. The van der Waals surface area contributed by atoms with Gasteiger partial charge in [0.1, 0.15) is 5.75 Å². The molecule has 2 saturated heterocycles. The summed E-state index contributed by atoms with van der Waals surface area (Å²) in [6, 6.07) is 5.90. The summed E-state index contributed by atoms with van der Waals surface area (Å²) in [4.78, 5) is 15.0. The first-order valence-electron chi connectivity index (χ1n) is 7.99. The van der Waals surface area contributed by atoms with Crippen molar-refractivity contribution in [3.05, 3.63) is 29.8 Å². The van der Waals surface area contributed by atoms with Gasteiger partial charge in [-0.15, -0.1) is 0 Å². The number of nitrogens with zero attached hydrogens (tertiary/aromatic N) is 1. The molecule has 7 heteroatoms. The minimum Gasteiger partial charge on any atom is -0.428 e. The second kappa shape index (κ2) is 6.35. The fraction of sp³-hybridized carbons (Fsp3) is 0.588. The average molecular weight is 345 g/mol. The molecule has 2 fully saturated rings. The summed E-state index contributed by atoms with van der Waals surface area (Å²) < 4.78 is 54.6. The zero-order chi connectivity index (χ0) is 17.5. The SMILES string of the molecule is CN1C2CCC1CC(C(=O)c1cccc(OC(F)(F)C(F)F)c1)C2. The number of ether oxygens (including phenoxy) is 1. The largest absolute Gasteiger partial charge is 0.461 e. The van der Waals surface area contributed by atoms with Crippen molar-refractivity contribution in [2.75, 3.05) is 7.05 Å². The Morgan fingerprint density at radius 2 is 1.88 bits per heavy atom. The first-order valence-corrected chi connectivity index (χ1v) is 7.99. The second-order valence-corrected chi connectivity index (χ2v) is 6.58. The molecule has 0 amide bonds. The third-order valence-corrected chi connectivity index (χ3v) is 5.10. The number of hydrogen-bond donors (Lipinski definition) is 0. The topological polar surface area (TPSA) is 29.5 Å². The number of ketones is 1. The molecule has 0 radical (unpaired) electrons. The molecule has 24 heavy (non-hydrogen) atoms. The van der Waals surface area contributed by atoms with Crippen LogP contribution in [0.5, 0.6) is 5.75 Å². The van der Waals surface area contributed by atoms with Crippen LogP contribution in [0.3, 0.4) is 0 Å². The van der Waals surface area contributed by atoms with Crippen LogP contribution in [-0.4, -0.2) is 42.3 Å². The van der Waals surface area contributed by atoms with Gasteiger partial charge >= 0.3 is 12.5 Å². The van der Waals surface area contributed by atoms with Gasteiger partial charge in [0.15, 0.2) is 5.78 Å². The summed E-state index contributed by atoms with van der Waals surface area (Å²) in [6.07, 6.45) is -4.90. The monoisotopic (exact) mass is 345 g/mol. The highest BCUT2D eigenvalue weighted by Crippen LogP contribution is 2.39. The number of Topliss-reactive ketones (excluding diaryl/α,β-unsaturated/α-hetero) is 1. The predicted molar refractivity (Wildman–Crippen MR) is 79.6 cm³/mol. The molecule has 1 aromatic rings. The normalized spacial score (nSPS) is 27.5.